The van der Waals surface area contributed by atoms with Gasteiger partial charge in [0.1, 0.15) is 0 Å². The van der Waals surface area contributed by atoms with Crippen molar-refractivity contribution in [3.63, 3.8) is 0 Å². The molecule has 6 atom stereocenters. The van der Waals surface area contributed by atoms with Crippen molar-refractivity contribution in [2.45, 2.75) is 155 Å². The Morgan fingerprint density at radius 2 is 1.29 bits per heavy atom. The van der Waals surface area contributed by atoms with Crippen LogP contribution >= 0.6 is 0 Å². The number of hydrogen-bond donors (Lipinski definition) is 0. The number of unbranched alkanes of at least 4 members (excludes halogenated alkanes) is 3. The van der Waals surface area contributed by atoms with Gasteiger partial charge in [-0.3, -0.25) is 0 Å². The summed E-state index contributed by atoms with van der Waals surface area (Å²) in [7, 11) is -3.03. The second-order valence-corrected chi connectivity index (χ2v) is 33.8. The topological polar surface area (TPSA) is 55.4 Å². The van der Waals surface area contributed by atoms with Crippen LogP contribution in [0.25, 0.3) is 0 Å². The zero-order valence-corrected chi connectivity index (χ0v) is 34.8. The van der Waals surface area contributed by atoms with Gasteiger partial charge in [-0.15, -0.1) is 0 Å². The average molecular weight is 786 g/mol. The molecule has 0 amide bonds. The van der Waals surface area contributed by atoms with Gasteiger partial charge in [0, 0.05) is 0 Å². The van der Waals surface area contributed by atoms with Crippen LogP contribution in [0.3, 0.4) is 0 Å². The molecule has 3 heterocycles. The molecule has 0 spiro atoms. The molecule has 8 heteroatoms. The summed E-state index contributed by atoms with van der Waals surface area (Å²) < 4.78 is 46.7. The monoisotopic (exact) mass is 786 g/mol. The van der Waals surface area contributed by atoms with Crippen LogP contribution in [0.4, 0.5) is 0 Å². The minimum atomic E-state index is -3.03. The van der Waals surface area contributed by atoms with Gasteiger partial charge < -0.3 is 0 Å². The number of fused-ring (bicyclic) bond motifs is 3. The minimum absolute atomic E-state index is 0.240. The van der Waals surface area contributed by atoms with Crippen molar-refractivity contribution in [2.24, 2.45) is 0 Å². The van der Waals surface area contributed by atoms with Crippen molar-refractivity contribution >= 4 is 37.1 Å². The van der Waals surface area contributed by atoms with E-state index >= 15 is 0 Å². The van der Waals surface area contributed by atoms with Gasteiger partial charge in [-0.1, -0.05) is 0 Å². The second kappa shape index (κ2) is 15.7. The van der Waals surface area contributed by atoms with Gasteiger partial charge in [0.25, 0.3) is 0 Å². The first-order chi connectivity index (χ1) is 22.9. The molecular formula is C40H62O6SiSn. The predicted octanol–water partition coefficient (Wildman–Crippen LogP) is 8.49. The maximum atomic E-state index is 7.89. The van der Waals surface area contributed by atoms with E-state index in [1.54, 1.807) is 0 Å². The van der Waals surface area contributed by atoms with Gasteiger partial charge in [-0.25, -0.2) is 0 Å². The fourth-order valence-electron chi connectivity index (χ4n) is 8.27. The summed E-state index contributed by atoms with van der Waals surface area (Å²) in [5, 5.41) is 2.18. The molecule has 0 unspecified atom stereocenters. The first-order valence-electron chi connectivity index (χ1n) is 18.6. The van der Waals surface area contributed by atoms with E-state index in [2.05, 4.69) is 109 Å². The Balaban J connectivity index is 1.62. The summed E-state index contributed by atoms with van der Waals surface area (Å²) in [5.41, 5.74) is 0. The molecular weight excluding hydrogens is 723 g/mol. The molecule has 0 saturated carbocycles. The third kappa shape index (κ3) is 7.59. The van der Waals surface area contributed by atoms with Crippen LogP contribution in [-0.2, 0) is 28.1 Å². The van der Waals surface area contributed by atoms with E-state index in [1.165, 1.54) is 62.2 Å². The molecule has 2 aromatic carbocycles. The maximum absolute atomic E-state index is 7.89. The van der Waals surface area contributed by atoms with Gasteiger partial charge in [0.05, 0.1) is 0 Å². The van der Waals surface area contributed by atoms with Crippen LogP contribution < -0.4 is 10.4 Å². The van der Waals surface area contributed by atoms with Crippen molar-refractivity contribution in [3.8, 4) is 0 Å². The summed E-state index contributed by atoms with van der Waals surface area (Å²) >= 11 is -2.78. The first-order valence-corrected chi connectivity index (χ1v) is 28.6. The Bertz CT molecular complexity index is 1250. The molecule has 0 radical (unpaired) electrons. The fraction of sp³-hybridized carbons (Fsp3) is 0.650. The van der Waals surface area contributed by atoms with Crippen LogP contribution in [0.1, 0.15) is 93.9 Å². The molecule has 3 fully saturated rings. The Labute approximate surface area is 296 Å². The van der Waals surface area contributed by atoms with Gasteiger partial charge >= 0.3 is 298 Å². The third-order valence-corrected chi connectivity index (χ3v) is 30.1. The number of rotatable bonds is 17. The number of benzene rings is 2. The summed E-state index contributed by atoms with van der Waals surface area (Å²) in [6.45, 7) is 22.2. The third-order valence-electron chi connectivity index (χ3n) is 10.8. The first kappa shape index (κ1) is 38.2. The zero-order valence-electron chi connectivity index (χ0n) is 31.0. The van der Waals surface area contributed by atoms with Crippen LogP contribution in [0, 0.1) is 0 Å². The van der Waals surface area contributed by atoms with E-state index in [4.69, 9.17) is 28.1 Å². The van der Waals surface area contributed by atoms with Gasteiger partial charge in [-0.05, 0) is 0 Å². The van der Waals surface area contributed by atoms with Crippen LogP contribution in [0.2, 0.25) is 18.3 Å². The molecule has 0 bridgehead atoms. The van der Waals surface area contributed by atoms with E-state index < -0.39 is 62.9 Å². The van der Waals surface area contributed by atoms with E-state index in [0.717, 1.165) is 4.62 Å². The van der Waals surface area contributed by atoms with Crippen molar-refractivity contribution in [1.29, 1.82) is 0 Å². The Morgan fingerprint density at radius 1 is 0.771 bits per heavy atom. The van der Waals surface area contributed by atoms with Gasteiger partial charge in [0.15, 0.2) is 0 Å². The molecule has 3 saturated heterocycles. The second-order valence-electron chi connectivity index (χ2n) is 15.9. The van der Waals surface area contributed by atoms with Gasteiger partial charge in [-0.2, -0.15) is 0 Å². The van der Waals surface area contributed by atoms with E-state index in [0.29, 0.717) is 0 Å². The summed E-state index contributed by atoms with van der Waals surface area (Å²) in [5.74, 6) is -1.94. The fourth-order valence-corrected chi connectivity index (χ4v) is 27.3. The standard InChI is InChI=1S/C28H35O6Si.3C4H9.Sn/c1-8-28(29-7)24(22-21(32-28)23-25(30-22)33-27(5,6)31-23)34-35(26(2,3)4,19-15-11-9-12-16-19)20-17-13-10-14-18-20;3*1-3-4-2;/h8-18,21-25H,1,7H2,2-6H3;3*1,3-4H2,2H3;/t21-,22-,23+,24-,25+,28-;;;;/m0..../s1. The van der Waals surface area contributed by atoms with Crippen LogP contribution in [-0.4, -0.2) is 73.6 Å². The quantitative estimate of drug-likeness (QED) is 0.119. The SMILES string of the molecule is C=C[C@]1(O[CH2][Sn]([CH2]CCC)([CH2]CCC)[CH2]CCC)O[C@@H]2[C@H]3OC(C)(C)O[C@H]3O[C@@H]2[C@@H]1O[Si](c1ccccc1)(c1ccccc1)C(C)(C)C. The van der Waals surface area contributed by atoms with E-state index in [9.17, 15) is 0 Å². The molecule has 3 aliphatic heterocycles. The molecule has 266 valence electrons. The molecule has 2 aromatic rings. The van der Waals surface area contributed by atoms with E-state index in [1.807, 2.05) is 19.9 Å². The Kier molecular flexibility index (Phi) is 12.5. The molecule has 48 heavy (non-hydrogen) atoms. The number of hydrogen-bond acceptors (Lipinski definition) is 6. The molecule has 0 aliphatic carbocycles. The summed E-state index contributed by atoms with van der Waals surface area (Å²) in [6, 6.07) is 21.6. The van der Waals surface area contributed by atoms with Crippen LogP contribution in [0.5, 0.6) is 0 Å². The molecule has 3 aliphatic rings. The van der Waals surface area contributed by atoms with Crippen LogP contribution in [0.15, 0.2) is 73.3 Å². The zero-order chi connectivity index (χ0) is 34.6. The van der Waals surface area contributed by atoms with E-state index in [-0.39, 0.29) is 11.1 Å². The van der Waals surface area contributed by atoms with Gasteiger partial charge in [0.2, 0.25) is 0 Å². The molecule has 0 aromatic heterocycles. The van der Waals surface area contributed by atoms with Crippen molar-refractivity contribution in [1.82, 2.24) is 0 Å². The normalized spacial score (nSPS) is 28.4. The Hall–Kier alpha value is -1.04. The molecule has 6 nitrogen and oxygen atoms in total. The predicted molar refractivity (Wildman–Crippen MR) is 200 cm³/mol. The molecule has 0 N–H and O–H groups in total. The summed E-state index contributed by atoms with van der Waals surface area (Å²) in [6.07, 6.45) is 7.01. The molecule has 5 rings (SSSR count). The summed E-state index contributed by atoms with van der Waals surface area (Å²) in [4.78, 5) is 0. The Morgan fingerprint density at radius 3 is 1.75 bits per heavy atom. The van der Waals surface area contributed by atoms with Crippen molar-refractivity contribution in [2.75, 3.05) is 4.62 Å². The number of ether oxygens (including phenoxy) is 5. The van der Waals surface area contributed by atoms with Crippen molar-refractivity contribution in [3.05, 3.63) is 73.3 Å². The average Bonchev–Trinajstić information content (AvgIpc) is 3.66. The van der Waals surface area contributed by atoms with Crippen molar-refractivity contribution < 1.29 is 28.1 Å².